The summed E-state index contributed by atoms with van der Waals surface area (Å²) in [5.74, 6) is 1.13. The van der Waals surface area contributed by atoms with E-state index in [0.29, 0.717) is 30.2 Å². The molecular formula is C19H27NO5. The average Bonchev–Trinajstić information content (AvgIpc) is 2.53. The number of rotatable bonds is 4. The Morgan fingerprint density at radius 3 is 2.32 bits per heavy atom. The van der Waals surface area contributed by atoms with Crippen LogP contribution in [-0.2, 0) is 4.74 Å². The van der Waals surface area contributed by atoms with Gasteiger partial charge in [0.15, 0.2) is 5.78 Å². The zero-order valence-corrected chi connectivity index (χ0v) is 15.6. The Morgan fingerprint density at radius 2 is 1.80 bits per heavy atom. The maximum Gasteiger partial charge on any atom is 0.410 e. The van der Waals surface area contributed by atoms with E-state index in [1.165, 1.54) is 14.0 Å². The standard InChI is InChI=1S/C19H27NO5/c1-13(21)16-7-6-15(12-17(16)23-5)24-14-8-10-20(11-9-14)18(22)25-19(2,3)4/h6-7,12,14H,8-11H2,1-5H3. The van der Waals surface area contributed by atoms with E-state index >= 15 is 0 Å². The zero-order valence-electron chi connectivity index (χ0n) is 15.6. The predicted octanol–water partition coefficient (Wildman–Crippen LogP) is 3.68. The van der Waals surface area contributed by atoms with E-state index in [4.69, 9.17) is 14.2 Å². The number of amides is 1. The molecule has 0 unspecified atom stereocenters. The highest BCUT2D eigenvalue weighted by Gasteiger charge is 2.27. The van der Waals surface area contributed by atoms with Crippen molar-refractivity contribution in [3.63, 3.8) is 0 Å². The van der Waals surface area contributed by atoms with Crippen molar-refractivity contribution < 1.29 is 23.8 Å². The molecule has 6 nitrogen and oxygen atoms in total. The summed E-state index contributed by atoms with van der Waals surface area (Å²) in [7, 11) is 1.53. The van der Waals surface area contributed by atoms with Crippen molar-refractivity contribution in [3.8, 4) is 11.5 Å². The van der Waals surface area contributed by atoms with Gasteiger partial charge in [-0.15, -0.1) is 0 Å². The molecule has 2 rings (SSSR count). The third-order valence-corrected chi connectivity index (χ3v) is 3.95. The third-order valence-electron chi connectivity index (χ3n) is 3.95. The molecule has 0 saturated carbocycles. The largest absolute Gasteiger partial charge is 0.496 e. The molecule has 1 aliphatic heterocycles. The second-order valence-corrected chi connectivity index (χ2v) is 7.20. The van der Waals surface area contributed by atoms with E-state index in [1.807, 2.05) is 20.8 Å². The van der Waals surface area contributed by atoms with Crippen LogP contribution in [0.2, 0.25) is 0 Å². The van der Waals surface area contributed by atoms with Crippen LogP contribution in [0.5, 0.6) is 11.5 Å². The highest BCUT2D eigenvalue weighted by molar-refractivity contribution is 5.97. The molecule has 0 bridgehead atoms. The molecule has 0 N–H and O–H groups in total. The van der Waals surface area contributed by atoms with Crippen LogP contribution in [0.15, 0.2) is 18.2 Å². The average molecular weight is 349 g/mol. The van der Waals surface area contributed by atoms with Gasteiger partial charge < -0.3 is 19.1 Å². The number of ketones is 1. The lowest BCUT2D eigenvalue weighted by molar-refractivity contribution is 0.0126. The minimum absolute atomic E-state index is 0.0200. The summed E-state index contributed by atoms with van der Waals surface area (Å²) >= 11 is 0. The highest BCUT2D eigenvalue weighted by atomic mass is 16.6. The number of Topliss-reactive ketones (excluding diaryl/α,β-unsaturated/α-hetero) is 1. The lowest BCUT2D eigenvalue weighted by atomic mass is 10.1. The molecular weight excluding hydrogens is 322 g/mol. The molecule has 1 heterocycles. The monoisotopic (exact) mass is 349 g/mol. The van der Waals surface area contributed by atoms with E-state index in [1.54, 1.807) is 23.1 Å². The van der Waals surface area contributed by atoms with E-state index in [2.05, 4.69) is 0 Å². The van der Waals surface area contributed by atoms with Gasteiger partial charge in [-0.05, 0) is 39.8 Å². The Hall–Kier alpha value is -2.24. The van der Waals surface area contributed by atoms with Crippen LogP contribution in [0.3, 0.4) is 0 Å². The molecule has 0 atom stereocenters. The number of piperidine rings is 1. The summed E-state index contributed by atoms with van der Waals surface area (Å²) in [6.07, 6.45) is 1.21. The fourth-order valence-corrected chi connectivity index (χ4v) is 2.71. The topological polar surface area (TPSA) is 65.1 Å². The molecule has 0 spiro atoms. The van der Waals surface area contributed by atoms with Gasteiger partial charge in [-0.2, -0.15) is 0 Å². The summed E-state index contributed by atoms with van der Waals surface area (Å²) in [5, 5.41) is 0. The van der Waals surface area contributed by atoms with Crippen LogP contribution in [0.4, 0.5) is 4.79 Å². The van der Waals surface area contributed by atoms with Gasteiger partial charge in [0.05, 0.1) is 12.7 Å². The first-order valence-corrected chi connectivity index (χ1v) is 8.53. The van der Waals surface area contributed by atoms with Crippen molar-refractivity contribution in [2.45, 2.75) is 52.2 Å². The van der Waals surface area contributed by atoms with Crippen LogP contribution in [0.25, 0.3) is 0 Å². The van der Waals surface area contributed by atoms with Gasteiger partial charge in [-0.25, -0.2) is 4.79 Å². The quantitative estimate of drug-likeness (QED) is 0.776. The van der Waals surface area contributed by atoms with E-state index < -0.39 is 5.60 Å². The van der Waals surface area contributed by atoms with Gasteiger partial charge >= 0.3 is 6.09 Å². The molecule has 1 amide bonds. The van der Waals surface area contributed by atoms with Crippen molar-refractivity contribution >= 4 is 11.9 Å². The number of hydrogen-bond donors (Lipinski definition) is 0. The van der Waals surface area contributed by atoms with Gasteiger partial charge in [0.2, 0.25) is 0 Å². The molecule has 6 heteroatoms. The van der Waals surface area contributed by atoms with Crippen LogP contribution in [-0.4, -0.2) is 48.7 Å². The van der Waals surface area contributed by atoms with Crippen LogP contribution < -0.4 is 9.47 Å². The molecule has 0 aromatic heterocycles. The Kier molecular flexibility index (Phi) is 5.93. The Bertz CT molecular complexity index is 627. The van der Waals surface area contributed by atoms with Gasteiger partial charge in [-0.1, -0.05) is 0 Å². The summed E-state index contributed by atoms with van der Waals surface area (Å²) in [6.45, 7) is 8.28. The van der Waals surface area contributed by atoms with Crippen LogP contribution in [0.1, 0.15) is 50.9 Å². The minimum atomic E-state index is -0.487. The van der Waals surface area contributed by atoms with E-state index in [-0.39, 0.29) is 18.0 Å². The number of methoxy groups -OCH3 is 1. The van der Waals surface area contributed by atoms with Gasteiger partial charge in [0, 0.05) is 32.0 Å². The molecule has 1 fully saturated rings. The lowest BCUT2D eigenvalue weighted by Gasteiger charge is -2.33. The Labute approximate surface area is 149 Å². The third kappa shape index (κ3) is 5.37. The molecule has 25 heavy (non-hydrogen) atoms. The summed E-state index contributed by atoms with van der Waals surface area (Å²) < 4.78 is 16.6. The molecule has 1 aliphatic rings. The molecule has 1 aromatic rings. The van der Waals surface area contributed by atoms with E-state index in [0.717, 1.165) is 12.8 Å². The second-order valence-electron chi connectivity index (χ2n) is 7.20. The number of hydrogen-bond acceptors (Lipinski definition) is 5. The fraction of sp³-hybridized carbons (Fsp3) is 0.579. The van der Waals surface area contributed by atoms with Crippen LogP contribution in [0, 0.1) is 0 Å². The summed E-state index contributed by atoms with van der Waals surface area (Å²) in [4.78, 5) is 25.3. The predicted molar refractivity (Wildman–Crippen MR) is 94.5 cm³/mol. The first-order chi connectivity index (χ1) is 11.7. The SMILES string of the molecule is COc1cc(OC2CCN(C(=O)OC(C)(C)C)CC2)ccc1C(C)=O. The molecule has 138 valence electrons. The smallest absolute Gasteiger partial charge is 0.410 e. The number of benzene rings is 1. The number of carbonyl (C=O) groups is 2. The highest BCUT2D eigenvalue weighted by Crippen LogP contribution is 2.27. The number of nitrogens with zero attached hydrogens (tertiary/aromatic N) is 1. The van der Waals surface area contributed by atoms with Gasteiger partial charge in [-0.3, -0.25) is 4.79 Å². The van der Waals surface area contributed by atoms with Gasteiger partial charge in [0.25, 0.3) is 0 Å². The molecule has 0 radical (unpaired) electrons. The molecule has 0 aliphatic carbocycles. The molecule has 1 aromatic carbocycles. The lowest BCUT2D eigenvalue weighted by Crippen LogP contribution is -2.44. The Balaban J connectivity index is 1.92. The van der Waals surface area contributed by atoms with Crippen molar-refractivity contribution in [1.82, 2.24) is 4.90 Å². The van der Waals surface area contributed by atoms with Crippen molar-refractivity contribution in [3.05, 3.63) is 23.8 Å². The van der Waals surface area contributed by atoms with Crippen molar-refractivity contribution in [2.24, 2.45) is 0 Å². The minimum Gasteiger partial charge on any atom is -0.496 e. The van der Waals surface area contributed by atoms with E-state index in [9.17, 15) is 9.59 Å². The first kappa shape index (κ1) is 19.1. The maximum absolute atomic E-state index is 12.1. The number of ether oxygens (including phenoxy) is 3. The number of carbonyl (C=O) groups excluding carboxylic acids is 2. The van der Waals surface area contributed by atoms with Gasteiger partial charge in [0.1, 0.15) is 23.2 Å². The van der Waals surface area contributed by atoms with Crippen LogP contribution >= 0.6 is 0 Å². The van der Waals surface area contributed by atoms with Crippen molar-refractivity contribution in [2.75, 3.05) is 20.2 Å². The normalized spacial score (nSPS) is 15.6. The molecule has 1 saturated heterocycles. The maximum atomic E-state index is 12.1. The number of likely N-dealkylation sites (tertiary alicyclic amines) is 1. The first-order valence-electron chi connectivity index (χ1n) is 8.53. The zero-order chi connectivity index (χ0) is 18.6. The summed E-state index contributed by atoms with van der Waals surface area (Å²) in [5.41, 5.74) is 0.0500. The fourth-order valence-electron chi connectivity index (χ4n) is 2.71. The van der Waals surface area contributed by atoms with Crippen molar-refractivity contribution in [1.29, 1.82) is 0 Å². The summed E-state index contributed by atoms with van der Waals surface area (Å²) in [6, 6.07) is 5.22. The second kappa shape index (κ2) is 7.76. The Morgan fingerprint density at radius 1 is 1.16 bits per heavy atom.